The van der Waals surface area contributed by atoms with Crippen molar-refractivity contribution >= 4 is 27.9 Å². The second-order valence-electron chi connectivity index (χ2n) is 8.31. The van der Waals surface area contributed by atoms with E-state index in [1.54, 1.807) is 0 Å². The van der Waals surface area contributed by atoms with E-state index in [0.717, 1.165) is 43.4 Å². The Morgan fingerprint density at radius 1 is 1.26 bits per heavy atom. The van der Waals surface area contributed by atoms with Gasteiger partial charge in [-0.2, -0.15) is 5.26 Å². The molecule has 0 aliphatic carbocycles. The summed E-state index contributed by atoms with van der Waals surface area (Å²) in [6.07, 6.45) is 6.54. The summed E-state index contributed by atoms with van der Waals surface area (Å²) >= 11 is 3.18. The first-order valence-electron chi connectivity index (χ1n) is 11.7. The van der Waals surface area contributed by atoms with E-state index in [4.69, 9.17) is 4.74 Å². The van der Waals surface area contributed by atoms with E-state index in [1.807, 2.05) is 37.3 Å². The van der Waals surface area contributed by atoms with E-state index in [1.165, 1.54) is 31.4 Å². The van der Waals surface area contributed by atoms with Crippen LogP contribution in [0.25, 0.3) is 6.08 Å². The summed E-state index contributed by atoms with van der Waals surface area (Å²) < 4.78 is 20.3. The van der Waals surface area contributed by atoms with E-state index >= 15 is 0 Å². The lowest BCUT2D eigenvalue weighted by Crippen LogP contribution is -2.33. The van der Waals surface area contributed by atoms with Gasteiger partial charge in [-0.25, -0.2) is 9.37 Å². The van der Waals surface area contributed by atoms with Gasteiger partial charge in [0.2, 0.25) is 0 Å². The van der Waals surface area contributed by atoms with Crippen molar-refractivity contribution in [2.45, 2.75) is 45.1 Å². The van der Waals surface area contributed by atoms with Crippen molar-refractivity contribution in [1.82, 2.24) is 15.2 Å². The second kappa shape index (κ2) is 13.2. The highest BCUT2D eigenvalue weighted by molar-refractivity contribution is 9.10. The number of ether oxygens (including phenoxy) is 1. The lowest BCUT2D eigenvalue weighted by atomic mass is 10.0. The molecule has 180 valence electrons. The first kappa shape index (κ1) is 25.9. The summed E-state index contributed by atoms with van der Waals surface area (Å²) in [6, 6.07) is 11.9. The van der Waals surface area contributed by atoms with Crippen molar-refractivity contribution in [3.63, 3.8) is 0 Å². The Bertz CT molecular complexity index is 1030. The molecule has 0 saturated carbocycles. The molecule has 1 atom stereocenters. The number of nitriles is 1. The molecule has 1 N–H and O–H groups in total. The van der Waals surface area contributed by atoms with Crippen LogP contribution in [0.4, 0.5) is 4.39 Å². The number of piperidine rings is 1. The molecule has 0 spiro atoms. The minimum Gasteiger partial charge on any atom is -0.492 e. The average Bonchev–Trinajstić information content (AvgIpc) is 2.85. The van der Waals surface area contributed by atoms with Gasteiger partial charge in [0.05, 0.1) is 6.04 Å². The maximum absolute atomic E-state index is 14.0. The van der Waals surface area contributed by atoms with Gasteiger partial charge in [-0.3, -0.25) is 9.69 Å². The predicted octanol–water partition coefficient (Wildman–Crippen LogP) is 5.41. The van der Waals surface area contributed by atoms with Gasteiger partial charge in [0.15, 0.2) is 0 Å². The third kappa shape index (κ3) is 7.64. The molecule has 6 nitrogen and oxygen atoms in total. The van der Waals surface area contributed by atoms with Crippen LogP contribution < -0.4 is 10.1 Å². The van der Waals surface area contributed by atoms with Gasteiger partial charge in [-0.05, 0) is 84.2 Å². The molecule has 1 aromatic carbocycles. The Morgan fingerprint density at radius 2 is 2.00 bits per heavy atom. The Hall–Kier alpha value is -2.76. The maximum Gasteiger partial charge on any atom is 0.262 e. The Labute approximate surface area is 208 Å². The molecule has 1 aliphatic rings. The number of likely N-dealkylation sites (tertiary alicyclic amines) is 1. The number of aromatic nitrogens is 1. The number of amides is 1. The van der Waals surface area contributed by atoms with Gasteiger partial charge < -0.3 is 10.1 Å². The molecular weight excluding hydrogens is 499 g/mol. The fourth-order valence-electron chi connectivity index (χ4n) is 3.94. The Balaban J connectivity index is 1.63. The summed E-state index contributed by atoms with van der Waals surface area (Å²) in [5.41, 5.74) is 0.644. The van der Waals surface area contributed by atoms with Gasteiger partial charge in [-0.1, -0.05) is 31.9 Å². The first-order valence-corrected chi connectivity index (χ1v) is 12.5. The van der Waals surface area contributed by atoms with E-state index in [0.29, 0.717) is 17.6 Å². The molecule has 1 saturated heterocycles. The van der Waals surface area contributed by atoms with Crippen LogP contribution in [0, 0.1) is 17.1 Å². The quantitative estimate of drug-likeness (QED) is 0.253. The van der Waals surface area contributed by atoms with Gasteiger partial charge in [-0.15, -0.1) is 0 Å². The van der Waals surface area contributed by atoms with Crippen molar-refractivity contribution in [3.05, 3.63) is 63.6 Å². The average molecular weight is 529 g/mol. The van der Waals surface area contributed by atoms with Crippen LogP contribution in [0.3, 0.4) is 0 Å². The highest BCUT2D eigenvalue weighted by atomic mass is 79.9. The number of benzene rings is 1. The lowest BCUT2D eigenvalue weighted by molar-refractivity contribution is -0.117. The maximum atomic E-state index is 14.0. The van der Waals surface area contributed by atoms with Gasteiger partial charge in [0.25, 0.3) is 5.91 Å². The molecule has 2 heterocycles. The number of rotatable bonds is 10. The summed E-state index contributed by atoms with van der Waals surface area (Å²) in [6.45, 7) is 5.88. The minimum absolute atomic E-state index is 0.0702. The fraction of sp³-hybridized carbons (Fsp3) is 0.423. The van der Waals surface area contributed by atoms with Crippen molar-refractivity contribution < 1.29 is 13.9 Å². The standard InChI is InChI=1S/C26H30BrFN4O2/c1-2-6-23(31-26(33)20(18-29)17-24-22(28)11-12-25(27)30-24)19-7-9-21(10-8-19)34-16-15-32-13-4-3-5-14-32/h7-12,17,23H,2-6,13-16H2,1H3,(H,31,33)/b20-17+. The monoisotopic (exact) mass is 528 g/mol. The summed E-state index contributed by atoms with van der Waals surface area (Å²) in [5.74, 6) is -0.384. The number of hydrogen-bond acceptors (Lipinski definition) is 5. The van der Waals surface area contributed by atoms with Crippen LogP contribution in [0.5, 0.6) is 5.75 Å². The molecule has 1 aliphatic heterocycles. The third-order valence-electron chi connectivity index (χ3n) is 5.78. The van der Waals surface area contributed by atoms with Crippen molar-refractivity contribution in [2.75, 3.05) is 26.2 Å². The summed E-state index contributed by atoms with van der Waals surface area (Å²) in [7, 11) is 0. The third-order valence-corrected chi connectivity index (χ3v) is 6.22. The zero-order valence-electron chi connectivity index (χ0n) is 19.4. The van der Waals surface area contributed by atoms with Crippen molar-refractivity contribution in [1.29, 1.82) is 5.26 Å². The molecule has 1 aromatic heterocycles. The van der Waals surface area contributed by atoms with Crippen LogP contribution in [0.15, 0.2) is 46.6 Å². The molecule has 1 fully saturated rings. The van der Waals surface area contributed by atoms with Crippen molar-refractivity contribution in [2.24, 2.45) is 0 Å². The van der Waals surface area contributed by atoms with Crippen LogP contribution in [0.2, 0.25) is 0 Å². The number of carbonyl (C=O) groups excluding carboxylic acids is 1. The van der Waals surface area contributed by atoms with E-state index < -0.39 is 11.7 Å². The minimum atomic E-state index is -0.607. The van der Waals surface area contributed by atoms with E-state index in [9.17, 15) is 14.4 Å². The normalized spacial score (nSPS) is 15.4. The van der Waals surface area contributed by atoms with Gasteiger partial charge in [0.1, 0.15) is 40.1 Å². The second-order valence-corrected chi connectivity index (χ2v) is 9.12. The lowest BCUT2D eigenvalue weighted by Gasteiger charge is -2.26. The number of nitrogens with one attached hydrogen (secondary N) is 1. The van der Waals surface area contributed by atoms with Crippen LogP contribution in [0.1, 0.15) is 56.3 Å². The topological polar surface area (TPSA) is 78.2 Å². The molecule has 1 unspecified atom stereocenters. The molecule has 3 rings (SSSR count). The van der Waals surface area contributed by atoms with E-state index in [-0.39, 0.29) is 17.3 Å². The Morgan fingerprint density at radius 3 is 2.68 bits per heavy atom. The Kier molecular flexibility index (Phi) is 10.0. The number of carbonyl (C=O) groups is 1. The largest absolute Gasteiger partial charge is 0.492 e. The molecule has 2 aromatic rings. The predicted molar refractivity (Wildman–Crippen MR) is 134 cm³/mol. The highest BCUT2D eigenvalue weighted by Crippen LogP contribution is 2.23. The van der Waals surface area contributed by atoms with Crippen LogP contribution in [-0.4, -0.2) is 42.0 Å². The fourth-order valence-corrected chi connectivity index (χ4v) is 4.26. The van der Waals surface area contributed by atoms with Crippen LogP contribution >= 0.6 is 15.9 Å². The smallest absolute Gasteiger partial charge is 0.262 e. The van der Waals surface area contributed by atoms with Crippen LogP contribution in [-0.2, 0) is 4.79 Å². The zero-order valence-corrected chi connectivity index (χ0v) is 21.0. The van der Waals surface area contributed by atoms with Gasteiger partial charge in [0, 0.05) is 6.54 Å². The zero-order chi connectivity index (χ0) is 24.3. The highest BCUT2D eigenvalue weighted by Gasteiger charge is 2.18. The van der Waals surface area contributed by atoms with Gasteiger partial charge >= 0.3 is 0 Å². The molecule has 34 heavy (non-hydrogen) atoms. The number of hydrogen-bond donors (Lipinski definition) is 1. The number of pyridine rings is 1. The van der Waals surface area contributed by atoms with E-state index in [2.05, 4.69) is 31.1 Å². The summed E-state index contributed by atoms with van der Waals surface area (Å²) in [4.78, 5) is 19.2. The number of halogens is 2. The molecule has 0 bridgehead atoms. The number of nitrogens with zero attached hydrogens (tertiary/aromatic N) is 3. The first-order chi connectivity index (χ1) is 16.5. The van der Waals surface area contributed by atoms with Crippen molar-refractivity contribution in [3.8, 4) is 11.8 Å². The molecule has 0 radical (unpaired) electrons. The SMILES string of the molecule is CCCC(NC(=O)/C(C#N)=C/c1nc(Br)ccc1F)c1ccc(OCCN2CCCCC2)cc1. The molecule has 8 heteroatoms. The molecular formula is C26H30BrFN4O2. The molecule has 1 amide bonds. The summed E-state index contributed by atoms with van der Waals surface area (Å²) in [5, 5.41) is 12.4.